The zero-order valence-electron chi connectivity index (χ0n) is 21.3. The van der Waals surface area contributed by atoms with Crippen molar-refractivity contribution in [3.05, 3.63) is 71.8 Å². The molecule has 9 nitrogen and oxygen atoms in total. The zero-order valence-corrected chi connectivity index (χ0v) is 21.3. The smallest absolute Gasteiger partial charge is 0.326 e. The van der Waals surface area contributed by atoms with Gasteiger partial charge in [-0.3, -0.25) is 14.4 Å². The van der Waals surface area contributed by atoms with Crippen molar-refractivity contribution < 1.29 is 24.3 Å². The molecule has 5 N–H and O–H groups in total. The molecule has 37 heavy (non-hydrogen) atoms. The molecule has 198 valence electrons. The second kappa shape index (κ2) is 13.5. The average Bonchev–Trinajstić information content (AvgIpc) is 3.42. The van der Waals surface area contributed by atoms with Crippen LogP contribution in [0.15, 0.2) is 60.7 Å². The maximum Gasteiger partial charge on any atom is 0.326 e. The number of carboxylic acid groups (broad SMARTS) is 1. The molecule has 2 aromatic rings. The van der Waals surface area contributed by atoms with Gasteiger partial charge in [0.15, 0.2) is 0 Å². The van der Waals surface area contributed by atoms with Gasteiger partial charge >= 0.3 is 5.97 Å². The number of amides is 3. The molecule has 1 saturated heterocycles. The van der Waals surface area contributed by atoms with E-state index in [2.05, 4.69) is 21.3 Å². The lowest BCUT2D eigenvalue weighted by Gasteiger charge is -2.27. The van der Waals surface area contributed by atoms with E-state index in [4.69, 9.17) is 0 Å². The molecule has 1 fully saturated rings. The van der Waals surface area contributed by atoms with Gasteiger partial charge in [-0.25, -0.2) is 4.79 Å². The van der Waals surface area contributed by atoms with Crippen LogP contribution < -0.4 is 21.3 Å². The number of rotatable bonds is 12. The van der Waals surface area contributed by atoms with Crippen molar-refractivity contribution in [1.82, 2.24) is 21.3 Å². The highest BCUT2D eigenvalue weighted by Crippen LogP contribution is 2.10. The zero-order chi connectivity index (χ0) is 26.8. The summed E-state index contributed by atoms with van der Waals surface area (Å²) in [4.78, 5) is 51.2. The molecule has 0 spiro atoms. The van der Waals surface area contributed by atoms with Gasteiger partial charge in [0.1, 0.15) is 18.1 Å². The van der Waals surface area contributed by atoms with E-state index in [-0.39, 0.29) is 30.7 Å². The Balaban J connectivity index is 1.72. The number of aliphatic carboxylic acids is 1. The van der Waals surface area contributed by atoms with Crippen LogP contribution >= 0.6 is 0 Å². The second-order valence-electron chi connectivity index (χ2n) is 9.72. The quantitative estimate of drug-likeness (QED) is 0.294. The maximum absolute atomic E-state index is 13.4. The summed E-state index contributed by atoms with van der Waals surface area (Å²) in [6.45, 7) is 4.28. The average molecular weight is 509 g/mol. The fourth-order valence-electron chi connectivity index (χ4n) is 4.34. The summed E-state index contributed by atoms with van der Waals surface area (Å²) in [6.07, 6.45) is 1.95. The molecule has 1 aliphatic heterocycles. The van der Waals surface area contributed by atoms with Crippen LogP contribution in [0.5, 0.6) is 0 Å². The Hall–Kier alpha value is -3.72. The Morgan fingerprint density at radius 3 is 1.89 bits per heavy atom. The van der Waals surface area contributed by atoms with E-state index >= 15 is 0 Å². The first-order valence-corrected chi connectivity index (χ1v) is 12.7. The molecule has 0 bridgehead atoms. The molecule has 1 aliphatic rings. The highest BCUT2D eigenvalue weighted by molar-refractivity contribution is 5.94. The Labute approximate surface area is 217 Å². The van der Waals surface area contributed by atoms with Crippen molar-refractivity contribution >= 4 is 23.7 Å². The number of carbonyl (C=O) groups is 4. The van der Waals surface area contributed by atoms with Crippen LogP contribution in [-0.4, -0.2) is 59.5 Å². The molecule has 9 heteroatoms. The fraction of sp³-hybridized carbons (Fsp3) is 0.429. The first-order valence-electron chi connectivity index (χ1n) is 12.7. The van der Waals surface area contributed by atoms with Gasteiger partial charge in [0.2, 0.25) is 17.7 Å². The number of nitrogens with one attached hydrogen (secondary N) is 4. The number of carbonyl (C=O) groups excluding carboxylic acids is 3. The normalized spacial score (nSPS) is 17.4. The molecule has 0 aliphatic carbocycles. The molecule has 3 rings (SSSR count). The van der Waals surface area contributed by atoms with Gasteiger partial charge in [0, 0.05) is 12.8 Å². The van der Waals surface area contributed by atoms with Crippen LogP contribution in [0.2, 0.25) is 0 Å². The Morgan fingerprint density at radius 1 is 0.838 bits per heavy atom. The standard InChI is InChI=1S/C28H36N4O5/c1-18(2)24(27(35)31-23(28(36)37)17-20-12-7-4-8-13-20)32-26(34)22(16-19-10-5-3-6-11-19)30-25(33)21-14-9-15-29-21/h3-8,10-13,18,21-24,29H,9,14-17H2,1-2H3,(H,30,33)(H,31,35)(H,32,34)(H,36,37). The van der Waals surface area contributed by atoms with Crippen molar-refractivity contribution in [2.45, 2.75) is 63.7 Å². The lowest BCUT2D eigenvalue weighted by Crippen LogP contribution is -2.59. The Bertz CT molecular complexity index is 1050. The second-order valence-corrected chi connectivity index (χ2v) is 9.72. The summed E-state index contributed by atoms with van der Waals surface area (Å²) in [5.74, 6) is -2.83. The Kier molecular flexibility index (Phi) is 10.2. The minimum absolute atomic E-state index is 0.113. The van der Waals surface area contributed by atoms with Gasteiger partial charge in [0.25, 0.3) is 0 Å². The summed E-state index contributed by atoms with van der Waals surface area (Å²) in [6, 6.07) is 14.9. The van der Waals surface area contributed by atoms with Crippen LogP contribution in [0.3, 0.4) is 0 Å². The van der Waals surface area contributed by atoms with Crippen LogP contribution in [0.25, 0.3) is 0 Å². The number of benzene rings is 2. The Morgan fingerprint density at radius 2 is 1.41 bits per heavy atom. The molecule has 1 heterocycles. The van der Waals surface area contributed by atoms with Gasteiger partial charge in [0.05, 0.1) is 6.04 Å². The van der Waals surface area contributed by atoms with Crippen LogP contribution in [0, 0.1) is 5.92 Å². The van der Waals surface area contributed by atoms with Gasteiger partial charge in [-0.05, 0) is 36.4 Å². The van der Waals surface area contributed by atoms with E-state index in [1.807, 2.05) is 36.4 Å². The molecule has 0 radical (unpaired) electrons. The minimum atomic E-state index is -1.16. The molecule has 4 unspecified atom stereocenters. The van der Waals surface area contributed by atoms with E-state index in [9.17, 15) is 24.3 Å². The minimum Gasteiger partial charge on any atom is -0.480 e. The SMILES string of the molecule is CC(C)C(NC(=O)C(Cc1ccccc1)NC(=O)C1CCCN1)C(=O)NC(Cc1ccccc1)C(=O)O. The first-order chi connectivity index (χ1) is 17.7. The molecule has 3 amide bonds. The van der Waals surface area contributed by atoms with Gasteiger partial charge in [-0.1, -0.05) is 74.5 Å². The van der Waals surface area contributed by atoms with Gasteiger partial charge in [-0.15, -0.1) is 0 Å². The number of hydrogen-bond donors (Lipinski definition) is 5. The number of carboxylic acids is 1. The summed E-state index contributed by atoms with van der Waals surface area (Å²) in [5, 5.41) is 21.0. The van der Waals surface area contributed by atoms with Crippen LogP contribution in [0.1, 0.15) is 37.8 Å². The van der Waals surface area contributed by atoms with E-state index < -0.39 is 35.9 Å². The third-order valence-electron chi connectivity index (χ3n) is 6.44. The third kappa shape index (κ3) is 8.42. The lowest BCUT2D eigenvalue weighted by molar-refractivity contribution is -0.142. The molecule has 4 atom stereocenters. The molecular formula is C28H36N4O5. The molecule has 0 saturated carbocycles. The van der Waals surface area contributed by atoms with E-state index in [1.54, 1.807) is 38.1 Å². The molecular weight excluding hydrogens is 472 g/mol. The maximum atomic E-state index is 13.4. The van der Waals surface area contributed by atoms with Crippen LogP contribution in [-0.2, 0) is 32.0 Å². The van der Waals surface area contributed by atoms with E-state index in [0.717, 1.165) is 24.1 Å². The predicted octanol–water partition coefficient (Wildman–Crippen LogP) is 1.42. The van der Waals surface area contributed by atoms with E-state index in [1.165, 1.54) is 0 Å². The number of hydrogen-bond acceptors (Lipinski definition) is 5. The van der Waals surface area contributed by atoms with Crippen molar-refractivity contribution in [2.24, 2.45) is 5.92 Å². The van der Waals surface area contributed by atoms with Crippen LogP contribution in [0.4, 0.5) is 0 Å². The molecule has 2 aromatic carbocycles. The van der Waals surface area contributed by atoms with Gasteiger partial charge < -0.3 is 26.4 Å². The highest BCUT2D eigenvalue weighted by atomic mass is 16.4. The van der Waals surface area contributed by atoms with E-state index in [0.29, 0.717) is 6.42 Å². The van der Waals surface area contributed by atoms with Crippen molar-refractivity contribution in [3.63, 3.8) is 0 Å². The summed E-state index contributed by atoms with van der Waals surface area (Å²) in [5.41, 5.74) is 1.63. The van der Waals surface area contributed by atoms with Gasteiger partial charge in [-0.2, -0.15) is 0 Å². The monoisotopic (exact) mass is 508 g/mol. The fourth-order valence-corrected chi connectivity index (χ4v) is 4.34. The highest BCUT2D eigenvalue weighted by Gasteiger charge is 2.33. The van der Waals surface area contributed by atoms with Crippen molar-refractivity contribution in [2.75, 3.05) is 6.54 Å². The summed E-state index contributed by atoms with van der Waals surface area (Å²) in [7, 11) is 0. The topological polar surface area (TPSA) is 137 Å². The third-order valence-corrected chi connectivity index (χ3v) is 6.44. The van der Waals surface area contributed by atoms with Crippen molar-refractivity contribution in [1.29, 1.82) is 0 Å². The largest absolute Gasteiger partial charge is 0.480 e. The lowest BCUT2D eigenvalue weighted by atomic mass is 9.99. The predicted molar refractivity (Wildman–Crippen MR) is 140 cm³/mol. The van der Waals surface area contributed by atoms with Crippen molar-refractivity contribution in [3.8, 4) is 0 Å². The summed E-state index contributed by atoms with van der Waals surface area (Å²) < 4.78 is 0. The molecule has 0 aromatic heterocycles. The first kappa shape index (κ1) is 27.9. The summed E-state index contributed by atoms with van der Waals surface area (Å²) >= 11 is 0.